The molecule has 0 amide bonds. The van der Waals surface area contributed by atoms with E-state index in [1.54, 1.807) is 21.9 Å². The van der Waals surface area contributed by atoms with Gasteiger partial charge in [-0.05, 0) is 24.3 Å². The van der Waals surface area contributed by atoms with Gasteiger partial charge in [-0.3, -0.25) is 9.80 Å². The number of rotatable bonds is 3. The summed E-state index contributed by atoms with van der Waals surface area (Å²) in [4.78, 5) is 3.08. The van der Waals surface area contributed by atoms with Crippen molar-refractivity contribution < 1.29 is 23.7 Å². The molecule has 2 N–H and O–H groups in total. The highest BCUT2D eigenvalue weighted by Gasteiger charge is 2.35. The van der Waals surface area contributed by atoms with Crippen molar-refractivity contribution in [2.24, 2.45) is 0 Å². The minimum Gasteiger partial charge on any atom is -0.370 e. The summed E-state index contributed by atoms with van der Waals surface area (Å²) in [6, 6.07) is 7.01. The molecule has 1 aromatic rings. The zero-order valence-corrected chi connectivity index (χ0v) is 11.7. The number of morpholine rings is 2. The highest BCUT2D eigenvalue weighted by Crippen LogP contribution is 2.07. The maximum Gasteiger partial charge on any atom is 0.240 e. The molecule has 3 rings (SSSR count). The molecule has 0 bridgehead atoms. The lowest BCUT2D eigenvalue weighted by atomic mass is 10.1. The summed E-state index contributed by atoms with van der Waals surface area (Å²) in [6.45, 7) is 7.35. The van der Waals surface area contributed by atoms with Crippen LogP contribution in [0, 0.1) is 5.82 Å². The van der Waals surface area contributed by atoms with E-state index in [0.29, 0.717) is 6.17 Å². The van der Waals surface area contributed by atoms with Crippen LogP contribution in [0.1, 0.15) is 11.7 Å². The molecule has 2 aliphatic heterocycles. The van der Waals surface area contributed by atoms with E-state index in [2.05, 4.69) is 0 Å². The summed E-state index contributed by atoms with van der Waals surface area (Å²) >= 11 is 0. The molecule has 0 spiro atoms. The third kappa shape index (κ3) is 3.17. The van der Waals surface area contributed by atoms with Crippen LogP contribution in [0.15, 0.2) is 24.3 Å². The molecule has 2 fully saturated rings. The Balaban J connectivity index is 1.83. The number of benzene rings is 1. The zero-order valence-electron chi connectivity index (χ0n) is 11.7. The first-order valence-electron chi connectivity index (χ1n) is 7.45. The second kappa shape index (κ2) is 6.63. The average Bonchev–Trinajstić information content (AvgIpc) is 2.52. The van der Waals surface area contributed by atoms with Crippen LogP contribution in [0.25, 0.3) is 0 Å². The molecule has 0 atom stereocenters. The lowest BCUT2D eigenvalue weighted by Crippen LogP contribution is -3.32. The van der Waals surface area contributed by atoms with Crippen molar-refractivity contribution in [3.8, 4) is 0 Å². The van der Waals surface area contributed by atoms with Crippen LogP contribution in [0.2, 0.25) is 0 Å². The first-order valence-corrected chi connectivity index (χ1v) is 7.45. The first kappa shape index (κ1) is 13.9. The minimum absolute atomic E-state index is 0.165. The lowest BCUT2D eigenvalue weighted by molar-refractivity contribution is -1.14. The Morgan fingerprint density at radius 3 is 1.70 bits per heavy atom. The third-order valence-electron chi connectivity index (χ3n) is 4.29. The van der Waals surface area contributed by atoms with Crippen molar-refractivity contribution in [1.29, 1.82) is 0 Å². The normalized spacial score (nSPS) is 22.3. The number of nitrogens with one attached hydrogen (secondary N) is 2. The van der Waals surface area contributed by atoms with Crippen LogP contribution >= 0.6 is 0 Å². The second-order valence-electron chi connectivity index (χ2n) is 5.53. The largest absolute Gasteiger partial charge is 0.370 e. The van der Waals surface area contributed by atoms with Gasteiger partial charge in [0.2, 0.25) is 6.17 Å². The smallest absolute Gasteiger partial charge is 0.240 e. The van der Waals surface area contributed by atoms with Crippen LogP contribution in [0.3, 0.4) is 0 Å². The third-order valence-corrected chi connectivity index (χ3v) is 4.29. The Bertz CT molecular complexity index is 396. The Hall–Kier alpha value is -1.01. The van der Waals surface area contributed by atoms with Crippen LogP contribution in [0.5, 0.6) is 0 Å². The fourth-order valence-corrected chi connectivity index (χ4v) is 3.26. The maximum atomic E-state index is 13.2. The molecular formula is C15H23FN2O2+2. The number of hydrogen-bond acceptors (Lipinski definition) is 2. The fourth-order valence-electron chi connectivity index (χ4n) is 3.26. The van der Waals surface area contributed by atoms with E-state index in [1.165, 1.54) is 5.56 Å². The summed E-state index contributed by atoms with van der Waals surface area (Å²) < 4.78 is 24.1. The standard InChI is InChI=1S/C15H21FN2O2/c16-14-3-1-13(2-4-14)15(17-5-9-19-10-6-17)18-7-11-20-12-8-18/h1-4,15H,5-12H2/p+2. The number of quaternary nitrogens is 2. The molecule has 0 saturated carbocycles. The monoisotopic (exact) mass is 282 g/mol. The topological polar surface area (TPSA) is 27.3 Å². The molecule has 2 aliphatic rings. The van der Waals surface area contributed by atoms with Crippen LogP contribution in [0.4, 0.5) is 4.39 Å². The predicted molar refractivity (Wildman–Crippen MR) is 72.2 cm³/mol. The van der Waals surface area contributed by atoms with Crippen molar-refractivity contribution in [3.05, 3.63) is 35.6 Å². The van der Waals surface area contributed by atoms with E-state index in [4.69, 9.17) is 9.47 Å². The maximum absolute atomic E-state index is 13.2. The zero-order chi connectivity index (χ0) is 13.8. The summed E-state index contributed by atoms with van der Waals surface area (Å²) in [6.07, 6.45) is 0.364. The Kier molecular flexibility index (Phi) is 4.62. The predicted octanol–water partition coefficient (Wildman–Crippen LogP) is -1.35. The number of hydrogen-bond donors (Lipinski definition) is 2. The minimum atomic E-state index is -0.165. The van der Waals surface area contributed by atoms with E-state index in [-0.39, 0.29) is 5.82 Å². The molecule has 4 nitrogen and oxygen atoms in total. The quantitative estimate of drug-likeness (QED) is 0.718. The average molecular weight is 282 g/mol. The Morgan fingerprint density at radius 1 is 0.800 bits per heavy atom. The SMILES string of the molecule is Fc1ccc(C([NH+]2CCOCC2)[NH+]2CCOCC2)cc1. The van der Waals surface area contributed by atoms with E-state index in [0.717, 1.165) is 52.6 Å². The summed E-state index contributed by atoms with van der Waals surface area (Å²) in [5, 5.41) is 0. The van der Waals surface area contributed by atoms with Crippen molar-refractivity contribution in [3.63, 3.8) is 0 Å². The molecule has 0 aliphatic carbocycles. The van der Waals surface area contributed by atoms with Gasteiger partial charge in [0.05, 0.1) is 32.0 Å². The van der Waals surface area contributed by atoms with Crippen LogP contribution < -0.4 is 9.80 Å². The molecule has 5 heteroatoms. The van der Waals surface area contributed by atoms with Gasteiger partial charge >= 0.3 is 0 Å². The number of halogens is 1. The molecule has 110 valence electrons. The highest BCUT2D eigenvalue weighted by atomic mass is 19.1. The van der Waals surface area contributed by atoms with Gasteiger partial charge in [0.15, 0.2) is 0 Å². The van der Waals surface area contributed by atoms with E-state index in [1.807, 2.05) is 12.1 Å². The van der Waals surface area contributed by atoms with Gasteiger partial charge in [0.25, 0.3) is 0 Å². The van der Waals surface area contributed by atoms with Gasteiger partial charge in [-0.2, -0.15) is 0 Å². The van der Waals surface area contributed by atoms with Crippen molar-refractivity contribution in [2.45, 2.75) is 6.17 Å². The molecular weight excluding hydrogens is 259 g/mol. The van der Waals surface area contributed by atoms with Gasteiger partial charge in [-0.25, -0.2) is 4.39 Å². The van der Waals surface area contributed by atoms with Gasteiger partial charge in [-0.15, -0.1) is 0 Å². The first-order chi connectivity index (χ1) is 9.84. The van der Waals surface area contributed by atoms with E-state index >= 15 is 0 Å². The number of ether oxygens (including phenoxy) is 2. The van der Waals surface area contributed by atoms with Crippen molar-refractivity contribution in [2.75, 3.05) is 52.6 Å². The van der Waals surface area contributed by atoms with Gasteiger partial charge in [0, 0.05) is 0 Å². The van der Waals surface area contributed by atoms with Crippen LogP contribution in [-0.4, -0.2) is 52.6 Å². The van der Waals surface area contributed by atoms with E-state index < -0.39 is 0 Å². The summed E-state index contributed by atoms with van der Waals surface area (Å²) in [5.41, 5.74) is 1.22. The molecule has 1 aromatic carbocycles. The lowest BCUT2D eigenvalue weighted by Gasteiger charge is -2.37. The highest BCUT2D eigenvalue weighted by molar-refractivity contribution is 5.16. The van der Waals surface area contributed by atoms with Gasteiger partial charge in [-0.1, -0.05) is 0 Å². The molecule has 20 heavy (non-hydrogen) atoms. The van der Waals surface area contributed by atoms with Crippen LogP contribution in [-0.2, 0) is 9.47 Å². The molecule has 0 radical (unpaired) electrons. The molecule has 2 saturated heterocycles. The van der Waals surface area contributed by atoms with Crippen molar-refractivity contribution in [1.82, 2.24) is 0 Å². The summed E-state index contributed by atoms with van der Waals surface area (Å²) in [7, 11) is 0. The molecule has 0 unspecified atom stereocenters. The Morgan fingerprint density at radius 2 is 1.25 bits per heavy atom. The summed E-state index contributed by atoms with van der Waals surface area (Å²) in [5.74, 6) is -0.165. The molecule has 0 aromatic heterocycles. The molecule has 2 heterocycles. The van der Waals surface area contributed by atoms with Gasteiger partial charge < -0.3 is 9.47 Å². The van der Waals surface area contributed by atoms with Gasteiger partial charge in [0.1, 0.15) is 32.0 Å². The van der Waals surface area contributed by atoms with E-state index in [9.17, 15) is 4.39 Å². The second-order valence-corrected chi connectivity index (χ2v) is 5.53. The van der Waals surface area contributed by atoms with Crippen molar-refractivity contribution >= 4 is 0 Å². The Labute approximate surface area is 119 Å². The fraction of sp³-hybridized carbons (Fsp3) is 0.600.